The summed E-state index contributed by atoms with van der Waals surface area (Å²) in [6.45, 7) is 0.838. The molecular formula is C22H28N4O4S. The van der Waals surface area contributed by atoms with Crippen molar-refractivity contribution in [3.8, 4) is 0 Å². The number of ether oxygens (including phenoxy) is 1. The number of carbonyl (C=O) groups is 1. The van der Waals surface area contributed by atoms with Gasteiger partial charge in [0.05, 0.1) is 13.5 Å². The second-order valence-electron chi connectivity index (χ2n) is 7.50. The highest BCUT2D eigenvalue weighted by atomic mass is 32.2. The first-order valence-electron chi connectivity index (χ1n) is 10.0. The molecule has 3 aromatic rings. The van der Waals surface area contributed by atoms with Gasteiger partial charge in [-0.15, -0.1) is 0 Å². The van der Waals surface area contributed by atoms with Gasteiger partial charge in [0.15, 0.2) is 0 Å². The van der Waals surface area contributed by atoms with Crippen LogP contribution >= 0.6 is 0 Å². The number of carbonyl (C=O) groups excluding carboxylic acids is 1. The Bertz CT molecular complexity index is 1140. The number of hydrogen-bond acceptors (Lipinski definition) is 5. The van der Waals surface area contributed by atoms with Crippen molar-refractivity contribution in [3.63, 3.8) is 0 Å². The lowest BCUT2D eigenvalue weighted by atomic mass is 10.0. The second kappa shape index (κ2) is 10.0. The summed E-state index contributed by atoms with van der Waals surface area (Å²) < 4.78 is 34.4. The third-order valence-corrected chi connectivity index (χ3v) is 6.64. The Hall–Kier alpha value is -2.75. The van der Waals surface area contributed by atoms with E-state index in [1.165, 1.54) is 21.2 Å². The molecule has 0 atom stereocenters. The zero-order valence-corrected chi connectivity index (χ0v) is 18.9. The monoisotopic (exact) mass is 444 g/mol. The molecule has 0 amide bonds. The quantitative estimate of drug-likeness (QED) is 0.484. The SMILES string of the molecule is COC(=O)CCn1cc(Cc2cccnc2)c2cc(CCNS(=O)(=O)N(C)C)ccc21. The summed E-state index contributed by atoms with van der Waals surface area (Å²) in [5.41, 5.74) is 4.29. The van der Waals surface area contributed by atoms with Crippen molar-refractivity contribution in [1.82, 2.24) is 18.6 Å². The molecule has 166 valence electrons. The van der Waals surface area contributed by atoms with Gasteiger partial charge in [-0.3, -0.25) is 9.78 Å². The first-order chi connectivity index (χ1) is 14.8. The van der Waals surface area contributed by atoms with Crippen molar-refractivity contribution in [2.24, 2.45) is 0 Å². The minimum absolute atomic E-state index is 0.250. The second-order valence-corrected chi connectivity index (χ2v) is 9.46. The topological polar surface area (TPSA) is 93.5 Å². The van der Waals surface area contributed by atoms with Crippen LogP contribution < -0.4 is 4.72 Å². The number of esters is 1. The highest BCUT2D eigenvalue weighted by molar-refractivity contribution is 7.87. The van der Waals surface area contributed by atoms with Crippen LogP contribution in [0.3, 0.4) is 0 Å². The Labute approximate surface area is 183 Å². The summed E-state index contributed by atoms with van der Waals surface area (Å²) in [5.74, 6) is -0.250. The molecule has 0 saturated carbocycles. The van der Waals surface area contributed by atoms with Gasteiger partial charge < -0.3 is 9.30 Å². The minimum Gasteiger partial charge on any atom is -0.469 e. The van der Waals surface area contributed by atoms with Gasteiger partial charge in [0.1, 0.15) is 0 Å². The Morgan fingerprint density at radius 1 is 1.23 bits per heavy atom. The Balaban J connectivity index is 1.86. The van der Waals surface area contributed by atoms with Crippen molar-refractivity contribution in [2.75, 3.05) is 27.7 Å². The molecule has 0 aliphatic carbocycles. The minimum atomic E-state index is -3.45. The van der Waals surface area contributed by atoms with Gasteiger partial charge >= 0.3 is 5.97 Å². The molecule has 1 N–H and O–H groups in total. The van der Waals surface area contributed by atoms with Crippen LogP contribution in [0.2, 0.25) is 0 Å². The molecule has 8 nitrogen and oxygen atoms in total. The lowest BCUT2D eigenvalue weighted by Crippen LogP contribution is -2.36. The predicted molar refractivity (Wildman–Crippen MR) is 120 cm³/mol. The molecule has 3 rings (SSSR count). The van der Waals surface area contributed by atoms with E-state index in [-0.39, 0.29) is 5.97 Å². The number of fused-ring (bicyclic) bond motifs is 1. The highest BCUT2D eigenvalue weighted by Crippen LogP contribution is 2.26. The molecule has 0 unspecified atom stereocenters. The number of pyridine rings is 1. The van der Waals surface area contributed by atoms with Crippen molar-refractivity contribution >= 4 is 27.1 Å². The van der Waals surface area contributed by atoms with Crippen LogP contribution in [0.15, 0.2) is 48.9 Å². The van der Waals surface area contributed by atoms with Crippen LogP contribution in [0.1, 0.15) is 23.1 Å². The van der Waals surface area contributed by atoms with E-state index in [4.69, 9.17) is 4.74 Å². The Morgan fingerprint density at radius 2 is 2.03 bits per heavy atom. The molecular weight excluding hydrogens is 416 g/mol. The maximum absolute atomic E-state index is 11.9. The van der Waals surface area contributed by atoms with Crippen molar-refractivity contribution in [2.45, 2.75) is 25.8 Å². The van der Waals surface area contributed by atoms with Gasteiger partial charge in [0, 0.05) is 63.1 Å². The normalized spacial score (nSPS) is 11.9. The fourth-order valence-electron chi connectivity index (χ4n) is 3.39. The summed E-state index contributed by atoms with van der Waals surface area (Å²) in [5, 5.41) is 1.08. The maximum Gasteiger partial charge on any atom is 0.307 e. The average molecular weight is 445 g/mol. The number of methoxy groups -OCH3 is 1. The zero-order valence-electron chi connectivity index (χ0n) is 18.0. The molecule has 0 fully saturated rings. The molecule has 31 heavy (non-hydrogen) atoms. The van der Waals surface area contributed by atoms with Gasteiger partial charge in [0.25, 0.3) is 10.2 Å². The smallest absolute Gasteiger partial charge is 0.307 e. The van der Waals surface area contributed by atoms with E-state index in [9.17, 15) is 13.2 Å². The summed E-state index contributed by atoms with van der Waals surface area (Å²) in [6.07, 6.45) is 7.24. The van der Waals surface area contributed by atoms with Crippen molar-refractivity contribution in [3.05, 3.63) is 65.6 Å². The molecule has 2 aromatic heterocycles. The first kappa shape index (κ1) is 22.9. The van der Waals surface area contributed by atoms with E-state index in [1.54, 1.807) is 6.20 Å². The van der Waals surface area contributed by atoms with Crippen molar-refractivity contribution < 1.29 is 17.9 Å². The summed E-state index contributed by atoms with van der Waals surface area (Å²) in [7, 11) is 0.937. The standard InChI is InChI=1S/C22H28N4O4S/c1-25(2)31(28,29)24-11-8-17-6-7-21-20(14-17)19(13-18-5-4-10-23-15-18)16-26(21)12-9-22(27)30-3/h4-7,10,14-16,24H,8-9,11-13H2,1-3H3. The third kappa shape index (κ3) is 5.90. The number of nitrogens with one attached hydrogen (secondary N) is 1. The molecule has 2 heterocycles. The van der Waals surface area contributed by atoms with Gasteiger partial charge in [-0.1, -0.05) is 12.1 Å². The maximum atomic E-state index is 11.9. The van der Waals surface area contributed by atoms with E-state index >= 15 is 0 Å². The van der Waals surface area contributed by atoms with Crippen LogP contribution in [0.25, 0.3) is 10.9 Å². The molecule has 0 aliphatic rings. The van der Waals surface area contributed by atoms with E-state index in [0.717, 1.165) is 31.9 Å². The largest absolute Gasteiger partial charge is 0.469 e. The predicted octanol–water partition coefficient (Wildman–Crippen LogP) is 2.13. The molecule has 0 spiro atoms. The molecule has 0 aliphatic heterocycles. The Morgan fingerprint density at radius 3 is 2.71 bits per heavy atom. The van der Waals surface area contributed by atoms with Gasteiger partial charge in [0.2, 0.25) is 0 Å². The van der Waals surface area contributed by atoms with Crippen LogP contribution in [-0.2, 0) is 39.1 Å². The average Bonchev–Trinajstić information content (AvgIpc) is 3.09. The van der Waals surface area contributed by atoms with Crippen LogP contribution in [0.5, 0.6) is 0 Å². The van der Waals surface area contributed by atoms with Gasteiger partial charge in [-0.25, -0.2) is 4.72 Å². The lowest BCUT2D eigenvalue weighted by molar-refractivity contribution is -0.140. The Kier molecular flexibility index (Phi) is 7.42. The molecule has 0 radical (unpaired) electrons. The molecule has 9 heteroatoms. The van der Waals surface area contributed by atoms with E-state index < -0.39 is 10.2 Å². The summed E-state index contributed by atoms with van der Waals surface area (Å²) in [4.78, 5) is 15.8. The van der Waals surface area contributed by atoms with Gasteiger partial charge in [-0.05, 0) is 41.3 Å². The van der Waals surface area contributed by atoms with Crippen LogP contribution in [-0.4, -0.2) is 56.0 Å². The summed E-state index contributed by atoms with van der Waals surface area (Å²) >= 11 is 0. The molecule has 0 saturated heterocycles. The fourth-order valence-corrected chi connectivity index (χ4v) is 4.01. The van der Waals surface area contributed by atoms with Gasteiger partial charge in [-0.2, -0.15) is 12.7 Å². The number of aryl methyl sites for hydroxylation is 1. The number of benzene rings is 1. The number of aromatic nitrogens is 2. The zero-order chi connectivity index (χ0) is 22.4. The van der Waals surface area contributed by atoms with Crippen LogP contribution in [0.4, 0.5) is 0 Å². The van der Waals surface area contributed by atoms with Crippen molar-refractivity contribution in [1.29, 1.82) is 0 Å². The lowest BCUT2D eigenvalue weighted by Gasteiger charge is -2.12. The van der Waals surface area contributed by atoms with Crippen LogP contribution in [0, 0.1) is 0 Å². The third-order valence-electron chi connectivity index (χ3n) is 5.11. The van der Waals surface area contributed by atoms with E-state index in [2.05, 4.69) is 26.5 Å². The number of hydrogen-bond donors (Lipinski definition) is 1. The number of nitrogens with zero attached hydrogens (tertiary/aromatic N) is 3. The molecule has 0 bridgehead atoms. The fraction of sp³-hybridized carbons (Fsp3) is 0.364. The van der Waals surface area contributed by atoms with E-state index in [1.807, 2.05) is 30.5 Å². The molecule has 1 aromatic carbocycles. The highest BCUT2D eigenvalue weighted by Gasteiger charge is 2.14. The van der Waals surface area contributed by atoms with E-state index in [0.29, 0.717) is 32.4 Å². The number of rotatable bonds is 10. The first-order valence-corrected chi connectivity index (χ1v) is 11.5. The summed E-state index contributed by atoms with van der Waals surface area (Å²) in [6, 6.07) is 10.1.